The average molecular weight is 298 g/mol. The van der Waals surface area contributed by atoms with E-state index in [0.29, 0.717) is 6.42 Å². The van der Waals surface area contributed by atoms with Gasteiger partial charge in [0.1, 0.15) is 4.60 Å². The van der Waals surface area contributed by atoms with Crippen LogP contribution in [-0.2, 0) is 4.79 Å². The topological polar surface area (TPSA) is 68.0 Å². The van der Waals surface area contributed by atoms with Crippen molar-refractivity contribution in [3.63, 3.8) is 0 Å². The maximum absolute atomic E-state index is 11.8. The van der Waals surface area contributed by atoms with Gasteiger partial charge in [-0.15, -0.1) is 0 Å². The highest BCUT2D eigenvalue weighted by Crippen LogP contribution is 2.32. The van der Waals surface area contributed by atoms with Gasteiger partial charge in [-0.3, -0.25) is 4.79 Å². The van der Waals surface area contributed by atoms with Crippen LogP contribution in [0.1, 0.15) is 31.2 Å². The van der Waals surface area contributed by atoms with Crippen LogP contribution in [0.4, 0.5) is 5.69 Å². The van der Waals surface area contributed by atoms with Crippen LogP contribution in [-0.4, -0.2) is 16.4 Å². The second kappa shape index (κ2) is 4.74. The number of amides is 1. The van der Waals surface area contributed by atoms with Crippen LogP contribution >= 0.6 is 15.9 Å². The van der Waals surface area contributed by atoms with Crippen molar-refractivity contribution in [2.75, 3.05) is 5.32 Å². The Kier molecular flexibility index (Phi) is 3.49. The van der Waals surface area contributed by atoms with Crippen molar-refractivity contribution >= 4 is 27.5 Å². The molecule has 1 aliphatic rings. The predicted octanol–water partition coefficient (Wildman–Crippen LogP) is 2.36. The summed E-state index contributed by atoms with van der Waals surface area (Å²) >= 11 is 3.32. The normalized spacial score (nSPS) is 17.4. The summed E-state index contributed by atoms with van der Waals surface area (Å²) in [7, 11) is 0. The molecular formula is C12H16BrN3O. The number of carbonyl (C=O) groups excluding carboxylic acids is 1. The van der Waals surface area contributed by atoms with Crippen LogP contribution in [0.5, 0.6) is 0 Å². The van der Waals surface area contributed by atoms with E-state index in [1.54, 1.807) is 6.20 Å². The molecule has 0 radical (unpaired) electrons. The number of anilines is 1. The molecule has 3 N–H and O–H groups in total. The van der Waals surface area contributed by atoms with E-state index in [2.05, 4.69) is 26.2 Å². The molecular weight excluding hydrogens is 282 g/mol. The van der Waals surface area contributed by atoms with Gasteiger partial charge < -0.3 is 11.1 Å². The molecule has 1 aromatic rings. The minimum absolute atomic E-state index is 0.0317. The summed E-state index contributed by atoms with van der Waals surface area (Å²) in [6, 6.07) is 1.89. The third-order valence-corrected chi connectivity index (χ3v) is 3.99. The third-order valence-electron chi connectivity index (χ3n) is 3.16. The molecule has 0 aromatic carbocycles. The van der Waals surface area contributed by atoms with Gasteiger partial charge in [0, 0.05) is 12.0 Å². The monoisotopic (exact) mass is 297 g/mol. The molecule has 0 atom stereocenters. The summed E-state index contributed by atoms with van der Waals surface area (Å²) in [5.41, 5.74) is 7.47. The molecule has 1 saturated carbocycles. The number of hydrogen-bond donors (Lipinski definition) is 2. The molecule has 0 saturated heterocycles. The zero-order valence-corrected chi connectivity index (χ0v) is 11.4. The summed E-state index contributed by atoms with van der Waals surface area (Å²) in [4.78, 5) is 15.9. The quantitative estimate of drug-likeness (QED) is 0.842. The highest BCUT2D eigenvalue weighted by molar-refractivity contribution is 9.10. The smallest absolute Gasteiger partial charge is 0.226 e. The first-order valence-electron chi connectivity index (χ1n) is 5.69. The van der Waals surface area contributed by atoms with Gasteiger partial charge in [0.25, 0.3) is 0 Å². The summed E-state index contributed by atoms with van der Waals surface area (Å²) < 4.78 is 0.796. The van der Waals surface area contributed by atoms with E-state index in [1.807, 2.05) is 13.0 Å². The summed E-state index contributed by atoms with van der Waals surface area (Å²) in [6.07, 6.45) is 5.04. The molecule has 1 aromatic heterocycles. The molecule has 1 heterocycles. The van der Waals surface area contributed by atoms with Crippen molar-refractivity contribution < 1.29 is 4.79 Å². The number of carbonyl (C=O) groups is 1. The highest BCUT2D eigenvalue weighted by Gasteiger charge is 2.34. The minimum atomic E-state index is -0.276. The molecule has 1 fully saturated rings. The Morgan fingerprint density at radius 1 is 1.65 bits per heavy atom. The number of aryl methyl sites for hydroxylation is 1. The summed E-state index contributed by atoms with van der Waals surface area (Å²) in [5.74, 6) is -0.0317. The van der Waals surface area contributed by atoms with Crippen molar-refractivity contribution in [1.82, 2.24) is 4.98 Å². The van der Waals surface area contributed by atoms with Gasteiger partial charge in [0.15, 0.2) is 0 Å². The fourth-order valence-electron chi connectivity index (χ4n) is 1.96. The molecule has 17 heavy (non-hydrogen) atoms. The fourth-order valence-corrected chi connectivity index (χ4v) is 2.18. The van der Waals surface area contributed by atoms with E-state index >= 15 is 0 Å². The lowest BCUT2D eigenvalue weighted by atomic mass is 9.75. The van der Waals surface area contributed by atoms with Crippen LogP contribution in [0.2, 0.25) is 0 Å². The number of nitrogens with one attached hydrogen (secondary N) is 1. The van der Waals surface area contributed by atoms with Crippen LogP contribution in [0.3, 0.4) is 0 Å². The van der Waals surface area contributed by atoms with E-state index in [9.17, 15) is 4.79 Å². The van der Waals surface area contributed by atoms with Crippen molar-refractivity contribution in [3.05, 3.63) is 22.4 Å². The molecule has 2 rings (SSSR count). The Hall–Kier alpha value is -0.940. The molecule has 1 amide bonds. The van der Waals surface area contributed by atoms with E-state index in [1.165, 1.54) is 0 Å². The van der Waals surface area contributed by atoms with Crippen LogP contribution in [0.15, 0.2) is 16.9 Å². The first kappa shape index (κ1) is 12.5. The van der Waals surface area contributed by atoms with Gasteiger partial charge in [0.05, 0.1) is 11.9 Å². The maximum atomic E-state index is 11.8. The number of hydrogen-bond acceptors (Lipinski definition) is 3. The van der Waals surface area contributed by atoms with E-state index in [0.717, 1.165) is 35.1 Å². The van der Waals surface area contributed by atoms with Gasteiger partial charge in [-0.2, -0.15) is 0 Å². The second-order valence-electron chi connectivity index (χ2n) is 4.77. The molecule has 0 aliphatic heterocycles. The van der Waals surface area contributed by atoms with Gasteiger partial charge in [0.2, 0.25) is 5.91 Å². The fraction of sp³-hybridized carbons (Fsp3) is 0.500. The lowest BCUT2D eigenvalue weighted by Crippen LogP contribution is -2.48. The Labute approximate surface area is 109 Å². The number of aromatic nitrogens is 1. The Balaban J connectivity index is 1.95. The predicted molar refractivity (Wildman–Crippen MR) is 70.7 cm³/mol. The van der Waals surface area contributed by atoms with Crippen molar-refractivity contribution in [2.24, 2.45) is 5.73 Å². The van der Waals surface area contributed by atoms with Crippen molar-refractivity contribution in [3.8, 4) is 0 Å². The van der Waals surface area contributed by atoms with E-state index < -0.39 is 0 Å². The number of pyridine rings is 1. The Morgan fingerprint density at radius 2 is 2.35 bits per heavy atom. The van der Waals surface area contributed by atoms with Gasteiger partial charge in [-0.1, -0.05) is 0 Å². The third kappa shape index (κ3) is 3.04. The number of rotatable bonds is 3. The molecule has 5 heteroatoms. The average Bonchev–Trinajstić information content (AvgIpc) is 2.21. The molecule has 4 nitrogen and oxygen atoms in total. The number of nitrogens with two attached hydrogens (primary N) is 1. The second-order valence-corrected chi connectivity index (χ2v) is 5.52. The van der Waals surface area contributed by atoms with E-state index in [-0.39, 0.29) is 11.4 Å². The maximum Gasteiger partial charge on any atom is 0.226 e. The zero-order valence-electron chi connectivity index (χ0n) is 9.79. The van der Waals surface area contributed by atoms with Crippen LogP contribution in [0, 0.1) is 6.92 Å². The van der Waals surface area contributed by atoms with Crippen LogP contribution in [0.25, 0.3) is 0 Å². The molecule has 92 valence electrons. The number of nitrogens with zero attached hydrogens (tertiary/aromatic N) is 1. The summed E-state index contributed by atoms with van der Waals surface area (Å²) in [5, 5.41) is 2.83. The first-order valence-corrected chi connectivity index (χ1v) is 6.49. The van der Waals surface area contributed by atoms with Gasteiger partial charge in [-0.25, -0.2) is 4.98 Å². The molecule has 0 bridgehead atoms. The van der Waals surface area contributed by atoms with Gasteiger partial charge in [-0.05, 0) is 53.7 Å². The van der Waals surface area contributed by atoms with Crippen molar-refractivity contribution in [2.45, 2.75) is 38.1 Å². The Bertz CT molecular complexity index is 443. The lowest BCUT2D eigenvalue weighted by molar-refractivity contribution is -0.118. The first-order chi connectivity index (χ1) is 7.98. The van der Waals surface area contributed by atoms with Crippen molar-refractivity contribution in [1.29, 1.82) is 0 Å². The lowest BCUT2D eigenvalue weighted by Gasteiger charge is -2.37. The summed E-state index contributed by atoms with van der Waals surface area (Å²) in [6.45, 7) is 1.93. The molecule has 0 unspecified atom stereocenters. The van der Waals surface area contributed by atoms with Crippen LogP contribution < -0.4 is 11.1 Å². The van der Waals surface area contributed by atoms with Gasteiger partial charge >= 0.3 is 0 Å². The minimum Gasteiger partial charge on any atom is -0.325 e. The highest BCUT2D eigenvalue weighted by atomic mass is 79.9. The zero-order chi connectivity index (χ0) is 12.5. The largest absolute Gasteiger partial charge is 0.325 e. The van der Waals surface area contributed by atoms with E-state index in [4.69, 9.17) is 5.73 Å². The standard InChI is InChI=1S/C12H16BrN3O/c1-8-5-9(7-15-11(8)13)16-10(17)6-12(14)3-2-4-12/h5,7H,2-4,6,14H2,1H3,(H,16,17). The number of halogens is 1. The molecule has 0 spiro atoms. The molecule has 1 aliphatic carbocycles. The SMILES string of the molecule is Cc1cc(NC(=O)CC2(N)CCC2)cnc1Br. The Morgan fingerprint density at radius 3 is 2.88 bits per heavy atom.